The molecule has 154 valence electrons. The minimum atomic E-state index is 0.759. The molecule has 5 nitrogen and oxygen atoms in total. The Hall–Kier alpha value is -1.59. The summed E-state index contributed by atoms with van der Waals surface area (Å²) in [4.78, 5) is 10.1. The van der Waals surface area contributed by atoms with Crippen LogP contribution in [0.4, 0.5) is 0 Å². The van der Waals surface area contributed by atoms with Crippen molar-refractivity contribution in [2.45, 2.75) is 45.7 Å². The minimum absolute atomic E-state index is 0.759. The Balaban J connectivity index is 1.43. The van der Waals surface area contributed by atoms with Crippen LogP contribution < -0.4 is 5.32 Å². The number of rotatable bonds is 5. The van der Waals surface area contributed by atoms with Crippen molar-refractivity contribution in [1.82, 2.24) is 15.1 Å². The van der Waals surface area contributed by atoms with Crippen molar-refractivity contribution < 1.29 is 4.74 Å². The number of guanidine groups is 1. The molecule has 1 aromatic carbocycles. The normalized spacial score (nSPS) is 26.3. The van der Waals surface area contributed by atoms with E-state index in [1.807, 2.05) is 0 Å². The van der Waals surface area contributed by atoms with E-state index in [1.165, 1.54) is 49.9 Å². The van der Waals surface area contributed by atoms with E-state index in [0.717, 1.165) is 63.7 Å². The van der Waals surface area contributed by atoms with Gasteiger partial charge in [-0.1, -0.05) is 37.1 Å². The molecule has 4 rings (SSSR count). The molecule has 0 aromatic heterocycles. The Morgan fingerprint density at radius 2 is 1.75 bits per heavy atom. The predicted octanol–water partition coefficient (Wildman–Crippen LogP) is 3.11. The highest BCUT2D eigenvalue weighted by molar-refractivity contribution is 5.80. The lowest BCUT2D eigenvalue weighted by atomic mass is 9.82. The molecule has 0 bridgehead atoms. The molecule has 0 radical (unpaired) electrons. The molecule has 1 aromatic rings. The van der Waals surface area contributed by atoms with Crippen LogP contribution in [0.5, 0.6) is 0 Å². The Morgan fingerprint density at radius 1 is 1.07 bits per heavy atom. The second-order valence-corrected chi connectivity index (χ2v) is 8.54. The van der Waals surface area contributed by atoms with Gasteiger partial charge in [0.2, 0.25) is 0 Å². The first-order valence-electron chi connectivity index (χ1n) is 11.2. The molecule has 2 aliphatic heterocycles. The molecule has 2 atom stereocenters. The van der Waals surface area contributed by atoms with Gasteiger partial charge in [-0.3, -0.25) is 4.90 Å². The van der Waals surface area contributed by atoms with Crippen molar-refractivity contribution in [1.29, 1.82) is 0 Å². The summed E-state index contributed by atoms with van der Waals surface area (Å²) in [6.07, 6.45) is 5.64. The zero-order chi connectivity index (χ0) is 19.2. The quantitative estimate of drug-likeness (QED) is 0.626. The Labute approximate surface area is 170 Å². The Morgan fingerprint density at radius 3 is 2.43 bits per heavy atom. The Bertz CT molecular complexity index is 642. The Kier molecular flexibility index (Phi) is 6.86. The maximum atomic E-state index is 5.49. The fraction of sp³-hybridized carbons (Fsp3) is 0.696. The number of fused-ring (bicyclic) bond motifs is 1. The van der Waals surface area contributed by atoms with Crippen LogP contribution in [0.2, 0.25) is 0 Å². The predicted molar refractivity (Wildman–Crippen MR) is 114 cm³/mol. The zero-order valence-electron chi connectivity index (χ0n) is 17.4. The van der Waals surface area contributed by atoms with Gasteiger partial charge < -0.3 is 15.0 Å². The van der Waals surface area contributed by atoms with Gasteiger partial charge in [0.25, 0.3) is 0 Å². The highest BCUT2D eigenvalue weighted by atomic mass is 16.5. The molecule has 2 heterocycles. The van der Waals surface area contributed by atoms with Gasteiger partial charge >= 0.3 is 0 Å². The van der Waals surface area contributed by atoms with Crippen molar-refractivity contribution in [2.24, 2.45) is 16.8 Å². The van der Waals surface area contributed by atoms with E-state index in [2.05, 4.69) is 46.3 Å². The molecule has 1 N–H and O–H groups in total. The first-order valence-corrected chi connectivity index (χ1v) is 11.2. The van der Waals surface area contributed by atoms with Crippen LogP contribution in [0.15, 0.2) is 29.3 Å². The van der Waals surface area contributed by atoms with Gasteiger partial charge in [0, 0.05) is 39.3 Å². The standard InChI is InChI=1S/C23H36N4O/c1-2-24-23(27-17-21-9-5-6-10-22(21)18-27)25-15-19-7-3-4-8-20(19)16-26-11-13-28-14-12-26/h3-4,7-8,21-22H,2,5-6,9-18H2,1H3,(H,24,25). The third-order valence-corrected chi connectivity index (χ3v) is 6.63. The summed E-state index contributed by atoms with van der Waals surface area (Å²) in [6.45, 7) is 11.0. The molecular formula is C23H36N4O. The van der Waals surface area contributed by atoms with Crippen LogP contribution >= 0.6 is 0 Å². The summed E-state index contributed by atoms with van der Waals surface area (Å²) < 4.78 is 5.49. The van der Waals surface area contributed by atoms with Gasteiger partial charge in [-0.05, 0) is 42.7 Å². The lowest BCUT2D eigenvalue weighted by Crippen LogP contribution is -2.40. The number of hydrogen-bond acceptors (Lipinski definition) is 3. The number of aliphatic imine (C=N–C) groups is 1. The molecule has 3 fully saturated rings. The lowest BCUT2D eigenvalue weighted by Gasteiger charge is -2.27. The number of likely N-dealkylation sites (tertiary alicyclic amines) is 1. The van der Waals surface area contributed by atoms with Gasteiger partial charge in [-0.25, -0.2) is 4.99 Å². The maximum Gasteiger partial charge on any atom is 0.194 e. The van der Waals surface area contributed by atoms with Gasteiger partial charge in [0.15, 0.2) is 5.96 Å². The molecule has 1 aliphatic carbocycles. The average molecular weight is 385 g/mol. The second-order valence-electron chi connectivity index (χ2n) is 8.54. The van der Waals surface area contributed by atoms with Crippen LogP contribution in [-0.4, -0.2) is 61.7 Å². The van der Waals surface area contributed by atoms with E-state index < -0.39 is 0 Å². The third-order valence-electron chi connectivity index (χ3n) is 6.63. The molecule has 28 heavy (non-hydrogen) atoms. The number of hydrogen-bond donors (Lipinski definition) is 1. The maximum absolute atomic E-state index is 5.49. The first kappa shape index (κ1) is 19.7. The molecule has 0 spiro atoms. The number of morpholine rings is 1. The van der Waals surface area contributed by atoms with Crippen molar-refractivity contribution in [3.8, 4) is 0 Å². The van der Waals surface area contributed by atoms with E-state index >= 15 is 0 Å². The van der Waals surface area contributed by atoms with E-state index in [-0.39, 0.29) is 0 Å². The van der Waals surface area contributed by atoms with Crippen LogP contribution in [0, 0.1) is 11.8 Å². The number of nitrogens with one attached hydrogen (secondary N) is 1. The molecule has 0 amide bonds. The van der Waals surface area contributed by atoms with Crippen molar-refractivity contribution >= 4 is 5.96 Å². The van der Waals surface area contributed by atoms with Gasteiger partial charge in [0.05, 0.1) is 19.8 Å². The van der Waals surface area contributed by atoms with Crippen molar-refractivity contribution in [3.05, 3.63) is 35.4 Å². The number of benzene rings is 1. The van der Waals surface area contributed by atoms with E-state index in [0.29, 0.717) is 0 Å². The van der Waals surface area contributed by atoms with Gasteiger partial charge in [0.1, 0.15) is 0 Å². The second kappa shape index (κ2) is 9.75. The summed E-state index contributed by atoms with van der Waals surface area (Å²) in [5.74, 6) is 2.87. The number of nitrogens with zero attached hydrogens (tertiary/aromatic N) is 3. The highest BCUT2D eigenvalue weighted by Gasteiger charge is 2.35. The number of ether oxygens (including phenoxy) is 1. The monoisotopic (exact) mass is 384 g/mol. The third kappa shape index (κ3) is 4.87. The van der Waals surface area contributed by atoms with Crippen molar-refractivity contribution in [2.75, 3.05) is 45.9 Å². The molecule has 2 saturated heterocycles. The molecule has 2 unspecified atom stereocenters. The summed E-state index contributed by atoms with van der Waals surface area (Å²) in [5, 5.41) is 3.55. The topological polar surface area (TPSA) is 40.1 Å². The fourth-order valence-corrected chi connectivity index (χ4v) is 5.03. The highest BCUT2D eigenvalue weighted by Crippen LogP contribution is 2.36. The summed E-state index contributed by atoms with van der Waals surface area (Å²) in [5.41, 5.74) is 2.75. The van der Waals surface area contributed by atoms with Gasteiger partial charge in [-0.2, -0.15) is 0 Å². The van der Waals surface area contributed by atoms with Crippen LogP contribution in [0.3, 0.4) is 0 Å². The lowest BCUT2D eigenvalue weighted by molar-refractivity contribution is 0.0341. The van der Waals surface area contributed by atoms with E-state index in [4.69, 9.17) is 9.73 Å². The van der Waals surface area contributed by atoms with E-state index in [9.17, 15) is 0 Å². The minimum Gasteiger partial charge on any atom is -0.379 e. The summed E-state index contributed by atoms with van der Waals surface area (Å²) in [6, 6.07) is 8.80. The summed E-state index contributed by atoms with van der Waals surface area (Å²) >= 11 is 0. The molecule has 1 saturated carbocycles. The molecule has 3 aliphatic rings. The first-order chi connectivity index (χ1) is 13.8. The average Bonchev–Trinajstić information content (AvgIpc) is 3.17. The molecular weight excluding hydrogens is 348 g/mol. The smallest absolute Gasteiger partial charge is 0.194 e. The van der Waals surface area contributed by atoms with Crippen LogP contribution in [0.1, 0.15) is 43.7 Å². The largest absolute Gasteiger partial charge is 0.379 e. The zero-order valence-corrected chi connectivity index (χ0v) is 17.4. The van der Waals surface area contributed by atoms with Crippen molar-refractivity contribution in [3.63, 3.8) is 0 Å². The van der Waals surface area contributed by atoms with Gasteiger partial charge in [-0.15, -0.1) is 0 Å². The van der Waals surface area contributed by atoms with E-state index in [1.54, 1.807) is 0 Å². The molecule has 5 heteroatoms. The fourth-order valence-electron chi connectivity index (χ4n) is 5.03. The van der Waals surface area contributed by atoms with Crippen LogP contribution in [0.25, 0.3) is 0 Å². The SMILES string of the molecule is CCNC(=NCc1ccccc1CN1CCOCC1)N1CC2CCCCC2C1. The summed E-state index contributed by atoms with van der Waals surface area (Å²) in [7, 11) is 0. The van der Waals surface area contributed by atoms with Crippen LogP contribution in [-0.2, 0) is 17.8 Å².